The van der Waals surface area contributed by atoms with Crippen LogP contribution in [-0.4, -0.2) is 65.1 Å². The summed E-state index contributed by atoms with van der Waals surface area (Å²) in [6, 6.07) is 0. The lowest BCUT2D eigenvalue weighted by molar-refractivity contribution is 0.0698. The van der Waals surface area contributed by atoms with Crippen LogP contribution in [0.1, 0.15) is 19.0 Å². The molecule has 9 heteroatoms. The van der Waals surface area contributed by atoms with Crippen LogP contribution >= 0.6 is 35.3 Å². The predicted molar refractivity (Wildman–Crippen MR) is 112 cm³/mol. The molecule has 0 aromatic carbocycles. The first kappa shape index (κ1) is 23.4. The molecule has 0 saturated carbocycles. The number of hydrogen-bond acceptors (Lipinski definition) is 6. The average Bonchev–Trinajstić information content (AvgIpc) is 3.01. The van der Waals surface area contributed by atoms with Crippen molar-refractivity contribution in [3.63, 3.8) is 0 Å². The fraction of sp³-hybridized carbons (Fsp3) is 0.733. The summed E-state index contributed by atoms with van der Waals surface area (Å²) in [6.07, 6.45) is 0.926. The van der Waals surface area contributed by atoms with Gasteiger partial charge in [-0.1, -0.05) is 0 Å². The average molecular weight is 471 g/mol. The van der Waals surface area contributed by atoms with Gasteiger partial charge in [-0.2, -0.15) is 0 Å². The van der Waals surface area contributed by atoms with Crippen molar-refractivity contribution < 1.29 is 9.47 Å². The predicted octanol–water partition coefficient (Wildman–Crippen LogP) is 1.94. The Balaban J connectivity index is 0.00000529. The fourth-order valence-electron chi connectivity index (χ4n) is 1.70. The van der Waals surface area contributed by atoms with Crippen LogP contribution in [0.25, 0.3) is 0 Å². The van der Waals surface area contributed by atoms with Crippen molar-refractivity contribution in [2.75, 3.05) is 59.0 Å². The molecule has 0 bridgehead atoms. The van der Waals surface area contributed by atoms with Gasteiger partial charge in [-0.05, 0) is 13.3 Å². The maximum Gasteiger partial charge on any atom is 0.191 e. The second-order valence-electron chi connectivity index (χ2n) is 5.10. The quantitative estimate of drug-likeness (QED) is 0.223. The minimum absolute atomic E-state index is 0. The minimum atomic E-state index is 0. The van der Waals surface area contributed by atoms with Crippen LogP contribution in [0.2, 0.25) is 0 Å². The van der Waals surface area contributed by atoms with Crippen LogP contribution in [-0.2, 0) is 16.0 Å². The molecule has 1 heterocycles. The molecular weight excluding hydrogens is 441 g/mol. The molecule has 0 saturated heterocycles. The number of thiazole rings is 1. The van der Waals surface area contributed by atoms with Gasteiger partial charge in [0.15, 0.2) is 11.1 Å². The first-order valence-electron chi connectivity index (χ1n) is 7.88. The van der Waals surface area contributed by atoms with E-state index < -0.39 is 0 Å². The highest BCUT2D eigenvalue weighted by Crippen LogP contribution is 2.18. The first-order chi connectivity index (χ1) is 11.2. The summed E-state index contributed by atoms with van der Waals surface area (Å²) in [5.74, 6) is 0.809. The van der Waals surface area contributed by atoms with Gasteiger partial charge in [0.25, 0.3) is 0 Å². The largest absolute Gasteiger partial charge is 0.382 e. The molecule has 1 aromatic rings. The summed E-state index contributed by atoms with van der Waals surface area (Å²) in [7, 11) is 5.66. The zero-order chi connectivity index (χ0) is 16.9. The number of aliphatic imine (C=N–C) groups is 1. The summed E-state index contributed by atoms with van der Waals surface area (Å²) in [4.78, 5) is 11.1. The molecule has 0 spiro atoms. The van der Waals surface area contributed by atoms with E-state index in [1.807, 2.05) is 24.4 Å². The SMILES string of the molecule is CCNC(=NCc1csc(N(C)C)n1)NCCCOCCOC.I. The molecule has 0 atom stereocenters. The second kappa shape index (κ2) is 14.7. The van der Waals surface area contributed by atoms with Crippen molar-refractivity contribution in [3.8, 4) is 0 Å². The molecule has 7 nitrogen and oxygen atoms in total. The number of guanidine groups is 1. The van der Waals surface area contributed by atoms with E-state index in [-0.39, 0.29) is 24.0 Å². The smallest absolute Gasteiger partial charge is 0.191 e. The van der Waals surface area contributed by atoms with E-state index in [1.165, 1.54) is 0 Å². The van der Waals surface area contributed by atoms with Crippen molar-refractivity contribution in [1.29, 1.82) is 0 Å². The van der Waals surface area contributed by atoms with Crippen LogP contribution in [0, 0.1) is 0 Å². The molecule has 140 valence electrons. The topological polar surface area (TPSA) is 71.0 Å². The normalized spacial score (nSPS) is 11.1. The number of halogens is 1. The number of nitrogens with zero attached hydrogens (tertiary/aromatic N) is 3. The number of anilines is 1. The third-order valence-electron chi connectivity index (χ3n) is 2.86. The number of methoxy groups -OCH3 is 1. The van der Waals surface area contributed by atoms with Gasteiger partial charge in [0.1, 0.15) is 0 Å². The fourth-order valence-corrected chi connectivity index (χ4v) is 2.45. The Morgan fingerprint density at radius 2 is 2.08 bits per heavy atom. The van der Waals surface area contributed by atoms with Crippen LogP contribution in [0.15, 0.2) is 10.4 Å². The number of rotatable bonds is 11. The van der Waals surface area contributed by atoms with Crippen molar-refractivity contribution in [3.05, 3.63) is 11.1 Å². The summed E-state index contributed by atoms with van der Waals surface area (Å²) >= 11 is 1.63. The molecule has 24 heavy (non-hydrogen) atoms. The lowest BCUT2D eigenvalue weighted by Gasteiger charge is -2.11. The number of hydrogen-bond donors (Lipinski definition) is 2. The molecule has 0 radical (unpaired) electrons. The lowest BCUT2D eigenvalue weighted by atomic mass is 10.4. The van der Waals surface area contributed by atoms with Gasteiger partial charge in [0, 0.05) is 46.3 Å². The van der Waals surface area contributed by atoms with Gasteiger partial charge in [0.2, 0.25) is 0 Å². The summed E-state index contributed by atoms with van der Waals surface area (Å²) in [5, 5.41) is 9.59. The Kier molecular flexibility index (Phi) is 14.3. The second-order valence-corrected chi connectivity index (χ2v) is 5.93. The zero-order valence-corrected chi connectivity index (χ0v) is 18.1. The minimum Gasteiger partial charge on any atom is -0.382 e. The van der Waals surface area contributed by atoms with Gasteiger partial charge in [-0.25, -0.2) is 9.98 Å². The van der Waals surface area contributed by atoms with E-state index in [9.17, 15) is 0 Å². The standard InChI is InChI=1S/C15H29N5O2S.HI/c1-5-16-14(17-7-6-8-22-10-9-21-4)18-11-13-12-23-15(19-13)20(2)3;/h12H,5-11H2,1-4H3,(H2,16,17,18);1H. The Hall–Kier alpha value is -0.650. The lowest BCUT2D eigenvalue weighted by Crippen LogP contribution is -2.38. The van der Waals surface area contributed by atoms with Crippen LogP contribution in [0.4, 0.5) is 5.13 Å². The van der Waals surface area contributed by atoms with E-state index in [0.29, 0.717) is 26.4 Å². The van der Waals surface area contributed by atoms with Crippen molar-refractivity contribution in [2.24, 2.45) is 4.99 Å². The molecular formula is C15H30IN5O2S. The molecule has 1 aromatic heterocycles. The zero-order valence-electron chi connectivity index (χ0n) is 15.0. The van der Waals surface area contributed by atoms with Crippen molar-refractivity contribution in [1.82, 2.24) is 15.6 Å². The van der Waals surface area contributed by atoms with Gasteiger partial charge in [-0.15, -0.1) is 35.3 Å². The van der Waals surface area contributed by atoms with Gasteiger partial charge >= 0.3 is 0 Å². The van der Waals surface area contributed by atoms with Crippen LogP contribution in [0.3, 0.4) is 0 Å². The molecule has 0 unspecified atom stereocenters. The van der Waals surface area contributed by atoms with Crippen LogP contribution < -0.4 is 15.5 Å². The molecule has 0 aliphatic rings. The van der Waals surface area contributed by atoms with Crippen molar-refractivity contribution in [2.45, 2.75) is 19.9 Å². The van der Waals surface area contributed by atoms with E-state index in [2.05, 4.69) is 27.5 Å². The monoisotopic (exact) mass is 471 g/mol. The van der Waals surface area contributed by atoms with E-state index >= 15 is 0 Å². The van der Waals surface area contributed by atoms with Gasteiger partial charge < -0.3 is 25.0 Å². The van der Waals surface area contributed by atoms with Crippen molar-refractivity contribution >= 4 is 46.4 Å². The highest BCUT2D eigenvalue weighted by atomic mass is 127. The highest BCUT2D eigenvalue weighted by molar-refractivity contribution is 14.0. The summed E-state index contributed by atoms with van der Waals surface area (Å²) in [6.45, 7) is 6.27. The van der Waals surface area contributed by atoms with E-state index in [4.69, 9.17) is 9.47 Å². The molecule has 0 fully saturated rings. The molecule has 0 amide bonds. The number of aromatic nitrogens is 1. The summed E-state index contributed by atoms with van der Waals surface area (Å²) in [5.41, 5.74) is 0.985. The third kappa shape index (κ3) is 10.3. The Bertz CT molecular complexity index is 457. The molecule has 1 rings (SSSR count). The third-order valence-corrected chi connectivity index (χ3v) is 3.91. The van der Waals surface area contributed by atoms with Gasteiger partial charge in [0.05, 0.1) is 25.5 Å². The Labute approximate surface area is 166 Å². The maximum atomic E-state index is 5.43. The van der Waals surface area contributed by atoms with E-state index in [0.717, 1.165) is 36.3 Å². The van der Waals surface area contributed by atoms with Crippen LogP contribution in [0.5, 0.6) is 0 Å². The van der Waals surface area contributed by atoms with Gasteiger partial charge in [-0.3, -0.25) is 0 Å². The van der Waals surface area contributed by atoms with E-state index in [1.54, 1.807) is 18.4 Å². The first-order valence-corrected chi connectivity index (χ1v) is 8.76. The number of ether oxygens (including phenoxy) is 2. The molecule has 0 aliphatic carbocycles. The molecule has 0 aliphatic heterocycles. The Morgan fingerprint density at radius 3 is 2.71 bits per heavy atom. The molecule has 2 N–H and O–H groups in total. The maximum absolute atomic E-state index is 5.43. The summed E-state index contributed by atoms with van der Waals surface area (Å²) < 4.78 is 10.4. The number of nitrogens with one attached hydrogen (secondary N) is 2. The Morgan fingerprint density at radius 1 is 1.29 bits per heavy atom. The highest BCUT2D eigenvalue weighted by Gasteiger charge is 2.03.